The quantitative estimate of drug-likeness (QED) is 0.356. The Bertz CT molecular complexity index is 211. The number of hydrogen-bond acceptors (Lipinski definition) is 2. The van der Waals surface area contributed by atoms with Crippen LogP contribution in [0.15, 0.2) is 18.2 Å². The van der Waals surface area contributed by atoms with Gasteiger partial charge in [0.15, 0.2) is 0 Å². The summed E-state index contributed by atoms with van der Waals surface area (Å²) in [6.07, 6.45) is 10.0. The third-order valence-corrected chi connectivity index (χ3v) is 0.586. The topological polar surface area (TPSA) is 74.6 Å². The Kier molecular flexibility index (Phi) is 8.04. The summed E-state index contributed by atoms with van der Waals surface area (Å²) >= 11 is 0. The van der Waals surface area contributed by atoms with E-state index >= 15 is 0 Å². The van der Waals surface area contributed by atoms with Crippen molar-refractivity contribution in [1.82, 2.24) is 0 Å². The molecule has 0 aromatic rings. The molecule has 0 atom stereocenters. The third-order valence-electron chi connectivity index (χ3n) is 0.586. The van der Waals surface area contributed by atoms with Gasteiger partial charge in [-0.15, -0.1) is 6.42 Å². The maximum atomic E-state index is 8.74. The zero-order valence-electron chi connectivity index (χ0n) is 5.41. The largest absolute Gasteiger partial charge is 0.394 e. The zero-order chi connectivity index (χ0) is 8.04. The first kappa shape index (κ1) is 13.5. The van der Waals surface area contributed by atoms with E-state index in [-0.39, 0.29) is 17.1 Å². The Labute approximate surface area is 76.0 Å². The molecule has 1 rings (SSSR count). The third kappa shape index (κ3) is 25.8. The van der Waals surface area contributed by atoms with Crippen LogP contribution in [0.2, 0.25) is 0 Å². The Balaban J connectivity index is 0. The Morgan fingerprint density at radius 1 is 1.36 bits per heavy atom. The van der Waals surface area contributed by atoms with Crippen LogP contribution in [0.4, 0.5) is 0 Å². The summed E-state index contributed by atoms with van der Waals surface area (Å²) in [6, 6.07) is 0. The Morgan fingerprint density at radius 2 is 1.82 bits per heavy atom. The normalized spacial score (nSPS) is 13.3. The maximum absolute atomic E-state index is 8.74. The average molecular weight is 219 g/mol. The Morgan fingerprint density at radius 3 is 1.91 bits per heavy atom. The summed E-state index contributed by atoms with van der Waals surface area (Å²) in [5, 5.41) is 0. The van der Waals surface area contributed by atoms with Gasteiger partial charge in [0, 0.05) is 17.1 Å². The van der Waals surface area contributed by atoms with Crippen molar-refractivity contribution in [1.29, 1.82) is 0 Å². The van der Waals surface area contributed by atoms with Crippen LogP contribution < -0.4 is 0 Å². The first-order chi connectivity index (χ1) is 4.50. The SMILES string of the molecule is O=S(=O)(O)O.[C-]1=CC=CC1.[Fe]. The van der Waals surface area contributed by atoms with Crippen LogP contribution in [-0.2, 0) is 27.5 Å². The maximum Gasteiger partial charge on any atom is 0.394 e. The standard InChI is InChI=1S/C5H5.Fe.H2O4S/c1-2-4-5-3-1;;1-5(2,3)4/h1-3H,4H2;;(H2,1,2,3,4)/q-1;;. The van der Waals surface area contributed by atoms with Crippen LogP contribution >= 0.6 is 0 Å². The van der Waals surface area contributed by atoms with Crippen molar-refractivity contribution in [3.05, 3.63) is 24.3 Å². The second-order valence-corrected chi connectivity index (χ2v) is 2.35. The van der Waals surface area contributed by atoms with E-state index in [0.29, 0.717) is 0 Å². The molecule has 0 radical (unpaired) electrons. The first-order valence-corrected chi connectivity index (χ1v) is 3.81. The van der Waals surface area contributed by atoms with Crippen molar-refractivity contribution in [2.45, 2.75) is 6.42 Å². The summed E-state index contributed by atoms with van der Waals surface area (Å²) in [4.78, 5) is 0. The van der Waals surface area contributed by atoms with E-state index in [1.54, 1.807) is 0 Å². The number of rotatable bonds is 0. The molecule has 66 valence electrons. The van der Waals surface area contributed by atoms with Gasteiger partial charge in [0.2, 0.25) is 0 Å². The predicted molar refractivity (Wildman–Crippen MR) is 35.7 cm³/mol. The average Bonchev–Trinajstić information content (AvgIpc) is 2.07. The summed E-state index contributed by atoms with van der Waals surface area (Å²) in [5.41, 5.74) is 0. The molecule has 1 aliphatic carbocycles. The number of allylic oxidation sites excluding steroid dienone is 4. The predicted octanol–water partition coefficient (Wildman–Crippen LogP) is 0.650. The molecule has 0 aromatic heterocycles. The van der Waals surface area contributed by atoms with Crippen molar-refractivity contribution in [3.8, 4) is 0 Å². The van der Waals surface area contributed by atoms with Crippen LogP contribution in [0.3, 0.4) is 0 Å². The van der Waals surface area contributed by atoms with E-state index in [1.165, 1.54) is 0 Å². The van der Waals surface area contributed by atoms with Gasteiger partial charge in [-0.05, 0) is 0 Å². The summed E-state index contributed by atoms with van der Waals surface area (Å²) < 4.78 is 31.6. The van der Waals surface area contributed by atoms with E-state index in [0.717, 1.165) is 6.42 Å². The molecule has 0 amide bonds. The van der Waals surface area contributed by atoms with Crippen molar-refractivity contribution < 1.29 is 34.6 Å². The van der Waals surface area contributed by atoms with Gasteiger partial charge in [0.1, 0.15) is 0 Å². The van der Waals surface area contributed by atoms with E-state index in [2.05, 4.69) is 12.2 Å². The number of hydrogen-bond donors (Lipinski definition) is 2. The molecule has 0 unspecified atom stereocenters. The van der Waals surface area contributed by atoms with Crippen LogP contribution in [0.1, 0.15) is 6.42 Å². The minimum atomic E-state index is -4.67. The first-order valence-electron chi connectivity index (χ1n) is 2.42. The molecule has 1 aliphatic rings. The summed E-state index contributed by atoms with van der Waals surface area (Å²) in [7, 11) is -4.67. The molecule has 11 heavy (non-hydrogen) atoms. The summed E-state index contributed by atoms with van der Waals surface area (Å²) in [6.45, 7) is 0. The molecular formula is C5H7FeO4S-. The van der Waals surface area contributed by atoms with Gasteiger partial charge in [-0.2, -0.15) is 14.5 Å². The van der Waals surface area contributed by atoms with Crippen molar-refractivity contribution in [2.75, 3.05) is 0 Å². The van der Waals surface area contributed by atoms with Crippen LogP contribution in [0.25, 0.3) is 0 Å². The van der Waals surface area contributed by atoms with Crippen molar-refractivity contribution in [3.63, 3.8) is 0 Å². The molecule has 6 heteroatoms. The minimum absolute atomic E-state index is 0. The van der Waals surface area contributed by atoms with Crippen LogP contribution in [0.5, 0.6) is 0 Å². The summed E-state index contributed by atoms with van der Waals surface area (Å²) in [5.74, 6) is 0. The van der Waals surface area contributed by atoms with Crippen LogP contribution in [0, 0.1) is 6.08 Å². The second kappa shape index (κ2) is 6.57. The molecular weight excluding hydrogens is 212 g/mol. The molecule has 0 saturated heterocycles. The van der Waals surface area contributed by atoms with Gasteiger partial charge in [0.25, 0.3) is 0 Å². The van der Waals surface area contributed by atoms with Gasteiger partial charge in [0.05, 0.1) is 0 Å². The fraction of sp³-hybridized carbons (Fsp3) is 0.200. The fourth-order valence-electron chi connectivity index (χ4n) is 0.340. The van der Waals surface area contributed by atoms with Crippen LogP contribution in [-0.4, -0.2) is 17.5 Å². The Hall–Kier alpha value is -0.131. The van der Waals surface area contributed by atoms with Gasteiger partial charge < -0.3 is 0 Å². The van der Waals surface area contributed by atoms with Crippen molar-refractivity contribution >= 4 is 10.4 Å². The van der Waals surface area contributed by atoms with E-state index in [9.17, 15) is 0 Å². The zero-order valence-corrected chi connectivity index (χ0v) is 7.33. The minimum Gasteiger partial charge on any atom is -0.273 e. The van der Waals surface area contributed by atoms with E-state index in [1.807, 2.05) is 12.2 Å². The van der Waals surface area contributed by atoms with E-state index < -0.39 is 10.4 Å². The smallest absolute Gasteiger partial charge is 0.273 e. The molecule has 0 aromatic carbocycles. The molecule has 2 N–H and O–H groups in total. The molecule has 0 aliphatic heterocycles. The molecule has 0 heterocycles. The fourth-order valence-corrected chi connectivity index (χ4v) is 0.340. The van der Waals surface area contributed by atoms with Gasteiger partial charge >= 0.3 is 10.4 Å². The van der Waals surface area contributed by atoms with Gasteiger partial charge in [-0.1, -0.05) is 0 Å². The molecule has 4 nitrogen and oxygen atoms in total. The monoisotopic (exact) mass is 219 g/mol. The molecule has 0 saturated carbocycles. The van der Waals surface area contributed by atoms with Crippen molar-refractivity contribution in [2.24, 2.45) is 0 Å². The molecule has 0 fully saturated rings. The van der Waals surface area contributed by atoms with E-state index in [4.69, 9.17) is 17.5 Å². The van der Waals surface area contributed by atoms with Gasteiger partial charge in [-0.25, -0.2) is 12.2 Å². The van der Waals surface area contributed by atoms with Gasteiger partial charge in [-0.3, -0.25) is 15.2 Å². The second-order valence-electron chi connectivity index (χ2n) is 1.45. The molecule has 0 spiro atoms. The molecule has 0 bridgehead atoms.